The van der Waals surface area contributed by atoms with Crippen molar-refractivity contribution >= 4 is 35.1 Å². The molecule has 0 aliphatic heterocycles. The van der Waals surface area contributed by atoms with Crippen molar-refractivity contribution in [3.63, 3.8) is 0 Å². The van der Waals surface area contributed by atoms with Crippen LogP contribution in [-0.2, 0) is 14.3 Å². The summed E-state index contributed by atoms with van der Waals surface area (Å²) >= 11 is 11.8. The van der Waals surface area contributed by atoms with Gasteiger partial charge in [-0.05, 0) is 12.1 Å². The molecule has 1 rings (SSSR count). The van der Waals surface area contributed by atoms with Crippen molar-refractivity contribution in [3.8, 4) is 5.75 Å². The quantitative estimate of drug-likeness (QED) is 0.846. The highest BCUT2D eigenvalue weighted by Gasteiger charge is 2.21. The molecule has 0 saturated carbocycles. The molecule has 7 heteroatoms. The van der Waals surface area contributed by atoms with Crippen LogP contribution < -0.4 is 10.1 Å². The minimum absolute atomic E-state index is 0.105. The number of carbonyl (C=O) groups is 2. The summed E-state index contributed by atoms with van der Waals surface area (Å²) in [4.78, 5) is 22.4. The Balaban J connectivity index is 2.73. The van der Waals surface area contributed by atoms with E-state index in [1.54, 1.807) is 18.2 Å². The van der Waals surface area contributed by atoms with Crippen LogP contribution in [0.15, 0.2) is 18.2 Å². The minimum Gasteiger partial charge on any atom is -0.489 e. The molecule has 0 aliphatic rings. The molecule has 0 heterocycles. The Bertz CT molecular complexity index is 479. The fourth-order valence-electron chi connectivity index (χ4n) is 1.32. The molecule has 5 nitrogen and oxygen atoms in total. The molecule has 0 radical (unpaired) electrons. The molecule has 0 aromatic heterocycles. The van der Waals surface area contributed by atoms with E-state index in [0.717, 1.165) is 0 Å². The predicted molar refractivity (Wildman–Crippen MR) is 71.6 cm³/mol. The van der Waals surface area contributed by atoms with E-state index in [9.17, 15) is 9.59 Å². The van der Waals surface area contributed by atoms with Crippen molar-refractivity contribution in [1.29, 1.82) is 0 Å². The lowest BCUT2D eigenvalue weighted by molar-refractivity contribution is -0.145. The van der Waals surface area contributed by atoms with Gasteiger partial charge in [-0.3, -0.25) is 4.79 Å². The third-order valence-electron chi connectivity index (χ3n) is 2.18. The van der Waals surface area contributed by atoms with E-state index >= 15 is 0 Å². The van der Waals surface area contributed by atoms with Gasteiger partial charge >= 0.3 is 5.97 Å². The van der Waals surface area contributed by atoms with Crippen LogP contribution in [0.4, 0.5) is 0 Å². The van der Waals surface area contributed by atoms with Gasteiger partial charge in [0, 0.05) is 6.92 Å². The lowest BCUT2D eigenvalue weighted by atomic mass is 10.3. The second kappa shape index (κ2) is 7.21. The molecule has 0 aliphatic carbocycles. The lowest BCUT2D eigenvalue weighted by Crippen LogP contribution is -2.44. The number of halogens is 2. The number of nitrogens with one attached hydrogen (secondary N) is 1. The number of ether oxygens (including phenoxy) is 2. The second-order valence-corrected chi connectivity index (χ2v) is 4.42. The average molecular weight is 306 g/mol. The van der Waals surface area contributed by atoms with Crippen molar-refractivity contribution in [2.24, 2.45) is 0 Å². The first-order valence-corrected chi connectivity index (χ1v) is 6.13. The predicted octanol–water partition coefficient (Wildman–Crippen LogP) is 2.05. The lowest BCUT2D eigenvalue weighted by Gasteiger charge is -2.17. The van der Waals surface area contributed by atoms with Crippen LogP contribution >= 0.6 is 23.2 Å². The molecule has 0 bridgehead atoms. The molecular formula is C12H13Cl2NO4. The van der Waals surface area contributed by atoms with Crippen LogP contribution in [0, 0.1) is 0 Å². The van der Waals surface area contributed by atoms with E-state index in [2.05, 4.69) is 10.1 Å². The maximum absolute atomic E-state index is 11.4. The summed E-state index contributed by atoms with van der Waals surface area (Å²) < 4.78 is 9.93. The number of benzene rings is 1. The smallest absolute Gasteiger partial charge is 0.331 e. The molecule has 0 spiro atoms. The van der Waals surface area contributed by atoms with Gasteiger partial charge in [0.1, 0.15) is 17.4 Å². The topological polar surface area (TPSA) is 64.6 Å². The Morgan fingerprint density at radius 3 is 2.63 bits per heavy atom. The number of esters is 1. The zero-order chi connectivity index (χ0) is 14.4. The van der Waals surface area contributed by atoms with Crippen LogP contribution in [0.3, 0.4) is 0 Å². The number of carbonyl (C=O) groups excluding carboxylic acids is 2. The number of amides is 1. The highest BCUT2D eigenvalue weighted by molar-refractivity contribution is 6.42. The monoisotopic (exact) mass is 305 g/mol. The van der Waals surface area contributed by atoms with Crippen LogP contribution in [0.25, 0.3) is 0 Å². The zero-order valence-corrected chi connectivity index (χ0v) is 11.9. The Morgan fingerprint density at radius 2 is 2.05 bits per heavy atom. The van der Waals surface area contributed by atoms with Gasteiger partial charge in [0.05, 0.1) is 12.1 Å². The molecule has 1 aromatic carbocycles. The summed E-state index contributed by atoms with van der Waals surface area (Å²) in [5.41, 5.74) is 0. The molecule has 1 unspecified atom stereocenters. The van der Waals surface area contributed by atoms with Gasteiger partial charge in [-0.15, -0.1) is 0 Å². The van der Waals surface area contributed by atoms with Gasteiger partial charge in [-0.2, -0.15) is 0 Å². The molecule has 0 saturated heterocycles. The van der Waals surface area contributed by atoms with Gasteiger partial charge in [0.25, 0.3) is 0 Å². The SMILES string of the molecule is COC(=O)C(COc1cccc(Cl)c1Cl)NC(C)=O. The van der Waals surface area contributed by atoms with Crippen LogP contribution in [0.1, 0.15) is 6.92 Å². The van der Waals surface area contributed by atoms with E-state index in [1.165, 1.54) is 14.0 Å². The van der Waals surface area contributed by atoms with Crippen LogP contribution in [0.2, 0.25) is 10.0 Å². The van der Waals surface area contributed by atoms with Gasteiger partial charge < -0.3 is 14.8 Å². The van der Waals surface area contributed by atoms with E-state index in [1.807, 2.05) is 0 Å². The van der Waals surface area contributed by atoms with Crippen LogP contribution in [0.5, 0.6) is 5.75 Å². The normalized spacial score (nSPS) is 11.6. The van der Waals surface area contributed by atoms with Gasteiger partial charge in [-0.25, -0.2) is 4.79 Å². The van der Waals surface area contributed by atoms with Crippen molar-refractivity contribution in [1.82, 2.24) is 5.32 Å². The summed E-state index contributed by atoms with van der Waals surface area (Å²) in [6, 6.07) is 3.98. The molecule has 0 fully saturated rings. The summed E-state index contributed by atoms with van der Waals surface area (Å²) in [5.74, 6) is -0.641. The number of methoxy groups -OCH3 is 1. The average Bonchev–Trinajstić information content (AvgIpc) is 2.37. The van der Waals surface area contributed by atoms with Gasteiger partial charge in [0.15, 0.2) is 6.04 Å². The highest BCUT2D eigenvalue weighted by Crippen LogP contribution is 2.31. The fraction of sp³-hybridized carbons (Fsp3) is 0.333. The minimum atomic E-state index is -0.905. The summed E-state index contributed by atoms with van der Waals surface area (Å²) in [7, 11) is 1.23. The highest BCUT2D eigenvalue weighted by atomic mass is 35.5. The summed E-state index contributed by atoms with van der Waals surface area (Å²) in [5, 5.41) is 3.01. The summed E-state index contributed by atoms with van der Waals surface area (Å²) in [6.45, 7) is 1.19. The number of hydrogen-bond acceptors (Lipinski definition) is 4. The van der Waals surface area contributed by atoms with E-state index in [4.69, 9.17) is 27.9 Å². The van der Waals surface area contributed by atoms with E-state index in [-0.39, 0.29) is 17.5 Å². The Morgan fingerprint density at radius 1 is 1.37 bits per heavy atom. The third kappa shape index (κ3) is 4.61. The zero-order valence-electron chi connectivity index (χ0n) is 10.4. The maximum Gasteiger partial charge on any atom is 0.331 e. The van der Waals surface area contributed by atoms with Gasteiger partial charge in [-0.1, -0.05) is 29.3 Å². The molecule has 1 N–H and O–H groups in total. The Hall–Kier alpha value is -1.46. The molecule has 1 atom stereocenters. The summed E-state index contributed by atoms with van der Waals surface area (Å²) in [6.07, 6.45) is 0. The van der Waals surface area contributed by atoms with Crippen molar-refractivity contribution < 1.29 is 19.1 Å². The number of hydrogen-bond donors (Lipinski definition) is 1. The third-order valence-corrected chi connectivity index (χ3v) is 2.99. The largest absolute Gasteiger partial charge is 0.489 e. The fourth-order valence-corrected chi connectivity index (χ4v) is 1.67. The number of rotatable bonds is 5. The molecule has 1 aromatic rings. The first kappa shape index (κ1) is 15.6. The van der Waals surface area contributed by atoms with Crippen molar-refractivity contribution in [2.45, 2.75) is 13.0 Å². The Labute approximate surface area is 120 Å². The molecule has 19 heavy (non-hydrogen) atoms. The molecular weight excluding hydrogens is 293 g/mol. The standard InChI is InChI=1S/C12H13Cl2NO4/c1-7(16)15-9(12(17)18-2)6-19-10-5-3-4-8(13)11(10)14/h3-5,9H,6H2,1-2H3,(H,15,16). The van der Waals surface area contributed by atoms with Crippen molar-refractivity contribution in [2.75, 3.05) is 13.7 Å². The van der Waals surface area contributed by atoms with E-state index < -0.39 is 12.0 Å². The Kier molecular flexibility index (Phi) is 5.92. The first-order chi connectivity index (χ1) is 8.95. The van der Waals surface area contributed by atoms with E-state index in [0.29, 0.717) is 10.8 Å². The van der Waals surface area contributed by atoms with Crippen molar-refractivity contribution in [3.05, 3.63) is 28.2 Å². The second-order valence-electron chi connectivity index (χ2n) is 3.64. The molecule has 1 amide bonds. The van der Waals surface area contributed by atoms with Gasteiger partial charge in [0.2, 0.25) is 5.91 Å². The van der Waals surface area contributed by atoms with Crippen LogP contribution in [-0.4, -0.2) is 31.6 Å². The maximum atomic E-state index is 11.4. The first-order valence-electron chi connectivity index (χ1n) is 5.37. The molecule has 104 valence electrons.